The van der Waals surface area contributed by atoms with Crippen LogP contribution < -0.4 is 10.6 Å². The van der Waals surface area contributed by atoms with Crippen molar-refractivity contribution in [2.75, 3.05) is 19.7 Å². The molecule has 1 atom stereocenters. The van der Waals surface area contributed by atoms with Gasteiger partial charge in [0, 0.05) is 38.3 Å². The van der Waals surface area contributed by atoms with E-state index in [-0.39, 0.29) is 24.0 Å². The van der Waals surface area contributed by atoms with Gasteiger partial charge in [0.05, 0.1) is 12.6 Å². The van der Waals surface area contributed by atoms with Crippen molar-refractivity contribution in [3.8, 4) is 5.82 Å². The van der Waals surface area contributed by atoms with E-state index in [0.29, 0.717) is 12.6 Å². The minimum atomic E-state index is 0. The predicted molar refractivity (Wildman–Crippen MR) is 109 cm³/mol. The largest absolute Gasteiger partial charge is 0.376 e. The molecule has 3 rings (SSSR count). The lowest BCUT2D eigenvalue weighted by molar-refractivity contribution is 0.114. The van der Waals surface area contributed by atoms with Gasteiger partial charge in [0.15, 0.2) is 11.8 Å². The molecule has 8 heteroatoms. The van der Waals surface area contributed by atoms with Crippen molar-refractivity contribution < 1.29 is 4.74 Å². The molecule has 0 spiro atoms. The number of ether oxygens (including phenoxy) is 1. The lowest BCUT2D eigenvalue weighted by Crippen LogP contribution is -2.41. The Hall–Kier alpha value is -1.68. The molecule has 7 nitrogen and oxygen atoms in total. The Morgan fingerprint density at radius 1 is 1.40 bits per heavy atom. The van der Waals surface area contributed by atoms with Crippen LogP contribution in [0.2, 0.25) is 0 Å². The maximum Gasteiger partial charge on any atom is 0.191 e. The molecular weight excluding hydrogens is 431 g/mol. The van der Waals surface area contributed by atoms with Gasteiger partial charge in [-0.3, -0.25) is 0 Å². The van der Waals surface area contributed by atoms with E-state index in [9.17, 15) is 0 Å². The highest BCUT2D eigenvalue weighted by molar-refractivity contribution is 14.0. The summed E-state index contributed by atoms with van der Waals surface area (Å²) in [7, 11) is 0. The smallest absolute Gasteiger partial charge is 0.191 e. The summed E-state index contributed by atoms with van der Waals surface area (Å²) in [6, 6.07) is 5.85. The first-order valence-corrected chi connectivity index (χ1v) is 8.44. The third kappa shape index (κ3) is 5.96. The first-order valence-electron chi connectivity index (χ1n) is 8.44. The zero-order valence-corrected chi connectivity index (χ0v) is 16.7. The Morgan fingerprint density at radius 3 is 3.04 bits per heavy atom. The number of guanidine groups is 1. The van der Waals surface area contributed by atoms with E-state index in [1.54, 1.807) is 17.1 Å². The van der Waals surface area contributed by atoms with Crippen LogP contribution in [-0.2, 0) is 11.3 Å². The van der Waals surface area contributed by atoms with E-state index in [0.717, 1.165) is 49.9 Å². The first kappa shape index (κ1) is 19.6. The zero-order valence-electron chi connectivity index (χ0n) is 14.4. The fourth-order valence-electron chi connectivity index (χ4n) is 2.62. The minimum absolute atomic E-state index is 0. The van der Waals surface area contributed by atoms with Crippen molar-refractivity contribution in [1.29, 1.82) is 0 Å². The molecule has 1 saturated heterocycles. The molecule has 0 amide bonds. The number of aliphatic imine (C=N–C) groups is 1. The summed E-state index contributed by atoms with van der Waals surface area (Å²) < 4.78 is 7.38. The summed E-state index contributed by atoms with van der Waals surface area (Å²) in [5, 5.41) is 10.8. The zero-order chi connectivity index (χ0) is 16.6. The standard InChI is InChI=1S/C17H24N6O.HI/c1-2-18-17(21-13-15-5-3-10-24-15)20-12-14-6-8-19-16(11-14)23-9-4-7-22-23;/h4,6-9,11,15H,2-3,5,10,12-13H2,1H3,(H2,18,20,21);1H. The molecule has 2 N–H and O–H groups in total. The normalized spacial score (nSPS) is 17.2. The third-order valence-corrected chi connectivity index (χ3v) is 3.83. The van der Waals surface area contributed by atoms with E-state index in [1.165, 1.54) is 0 Å². The summed E-state index contributed by atoms with van der Waals surface area (Å²) >= 11 is 0. The number of nitrogens with one attached hydrogen (secondary N) is 2. The minimum Gasteiger partial charge on any atom is -0.376 e. The second-order valence-corrected chi connectivity index (χ2v) is 5.68. The van der Waals surface area contributed by atoms with Crippen LogP contribution in [-0.4, -0.2) is 46.5 Å². The van der Waals surface area contributed by atoms with Gasteiger partial charge in [-0.15, -0.1) is 24.0 Å². The van der Waals surface area contributed by atoms with Crippen molar-refractivity contribution in [2.45, 2.75) is 32.4 Å². The molecule has 2 aromatic heterocycles. The van der Waals surface area contributed by atoms with Crippen LogP contribution in [0.5, 0.6) is 0 Å². The van der Waals surface area contributed by atoms with E-state index >= 15 is 0 Å². The fraction of sp³-hybridized carbons (Fsp3) is 0.471. The predicted octanol–water partition coefficient (Wildman–Crippen LogP) is 2.12. The summed E-state index contributed by atoms with van der Waals surface area (Å²) in [5.41, 5.74) is 1.09. The maximum absolute atomic E-state index is 5.64. The van der Waals surface area contributed by atoms with E-state index in [4.69, 9.17) is 4.74 Å². The third-order valence-electron chi connectivity index (χ3n) is 3.83. The summed E-state index contributed by atoms with van der Waals surface area (Å²) in [6.45, 7) is 5.13. The van der Waals surface area contributed by atoms with Crippen LogP contribution >= 0.6 is 24.0 Å². The molecule has 1 aliphatic heterocycles. The van der Waals surface area contributed by atoms with Crippen LogP contribution in [0.25, 0.3) is 5.82 Å². The molecule has 3 heterocycles. The SMILES string of the molecule is CCNC(=NCc1ccnc(-n2cccn2)c1)NCC1CCCO1.I. The number of nitrogens with zero attached hydrogens (tertiary/aromatic N) is 4. The molecule has 1 fully saturated rings. The number of pyridine rings is 1. The Morgan fingerprint density at radius 2 is 2.32 bits per heavy atom. The molecule has 25 heavy (non-hydrogen) atoms. The van der Waals surface area contributed by atoms with Gasteiger partial charge in [-0.2, -0.15) is 5.10 Å². The topological polar surface area (TPSA) is 76.4 Å². The van der Waals surface area contributed by atoms with Crippen molar-refractivity contribution in [3.05, 3.63) is 42.4 Å². The molecule has 2 aromatic rings. The van der Waals surface area contributed by atoms with Crippen molar-refractivity contribution >= 4 is 29.9 Å². The number of halogens is 1. The molecule has 0 bridgehead atoms. The summed E-state index contributed by atoms with van der Waals surface area (Å²) in [4.78, 5) is 8.99. The molecular formula is C17H25IN6O. The first-order chi connectivity index (χ1) is 11.8. The maximum atomic E-state index is 5.64. The lowest BCUT2D eigenvalue weighted by atomic mass is 10.2. The van der Waals surface area contributed by atoms with Gasteiger partial charge < -0.3 is 15.4 Å². The molecule has 0 aliphatic carbocycles. The van der Waals surface area contributed by atoms with Crippen molar-refractivity contribution in [2.24, 2.45) is 4.99 Å². The van der Waals surface area contributed by atoms with E-state index in [1.807, 2.05) is 24.4 Å². The molecule has 0 aromatic carbocycles. The van der Waals surface area contributed by atoms with Gasteiger partial charge in [-0.05, 0) is 43.5 Å². The average Bonchev–Trinajstić information content (AvgIpc) is 3.31. The lowest BCUT2D eigenvalue weighted by Gasteiger charge is -2.14. The number of hydrogen-bond acceptors (Lipinski definition) is 4. The summed E-state index contributed by atoms with van der Waals surface area (Å²) in [6.07, 6.45) is 7.96. The Kier molecular flexibility index (Phi) is 8.13. The van der Waals surface area contributed by atoms with Gasteiger partial charge in [0.25, 0.3) is 0 Å². The fourth-order valence-corrected chi connectivity index (χ4v) is 2.62. The molecule has 1 unspecified atom stereocenters. The number of hydrogen-bond donors (Lipinski definition) is 2. The number of aromatic nitrogens is 3. The Balaban J connectivity index is 0.00000225. The van der Waals surface area contributed by atoms with Gasteiger partial charge in [-0.1, -0.05) is 0 Å². The second kappa shape index (κ2) is 10.3. The Bertz CT molecular complexity index is 655. The average molecular weight is 456 g/mol. The van der Waals surface area contributed by atoms with Crippen LogP contribution in [0.3, 0.4) is 0 Å². The highest BCUT2D eigenvalue weighted by Gasteiger charge is 2.15. The molecule has 1 aliphatic rings. The van der Waals surface area contributed by atoms with Crippen LogP contribution in [0.1, 0.15) is 25.3 Å². The summed E-state index contributed by atoms with van der Waals surface area (Å²) in [5.74, 6) is 1.61. The van der Waals surface area contributed by atoms with Gasteiger partial charge in [0.2, 0.25) is 0 Å². The number of rotatable bonds is 6. The van der Waals surface area contributed by atoms with E-state index in [2.05, 4.69) is 32.6 Å². The van der Waals surface area contributed by atoms with Crippen molar-refractivity contribution in [1.82, 2.24) is 25.4 Å². The van der Waals surface area contributed by atoms with Crippen LogP contribution in [0.15, 0.2) is 41.8 Å². The van der Waals surface area contributed by atoms with Crippen LogP contribution in [0.4, 0.5) is 0 Å². The van der Waals surface area contributed by atoms with Crippen molar-refractivity contribution in [3.63, 3.8) is 0 Å². The van der Waals surface area contributed by atoms with Gasteiger partial charge in [0.1, 0.15) is 0 Å². The second-order valence-electron chi connectivity index (χ2n) is 5.68. The van der Waals surface area contributed by atoms with Gasteiger partial charge >= 0.3 is 0 Å². The van der Waals surface area contributed by atoms with Gasteiger partial charge in [-0.25, -0.2) is 14.7 Å². The Labute approximate surface area is 165 Å². The molecule has 0 saturated carbocycles. The monoisotopic (exact) mass is 456 g/mol. The molecule has 0 radical (unpaired) electrons. The molecule has 136 valence electrons. The quantitative estimate of drug-likeness (QED) is 0.396. The van der Waals surface area contributed by atoms with Crippen LogP contribution in [0, 0.1) is 0 Å². The highest BCUT2D eigenvalue weighted by Crippen LogP contribution is 2.10. The highest BCUT2D eigenvalue weighted by atomic mass is 127. The van der Waals surface area contributed by atoms with E-state index < -0.39 is 0 Å².